The van der Waals surface area contributed by atoms with Gasteiger partial charge >= 0.3 is 18.0 Å². The maximum atomic E-state index is 11.8. The molecule has 0 bridgehead atoms. The molecule has 0 aromatic carbocycles. The molecule has 1 atom stereocenters. The second-order valence-corrected chi connectivity index (χ2v) is 6.52. The third-order valence-electron chi connectivity index (χ3n) is 3.77. The molecule has 0 aliphatic heterocycles. The van der Waals surface area contributed by atoms with Crippen LogP contribution in [0, 0.1) is 0 Å². The van der Waals surface area contributed by atoms with E-state index in [4.69, 9.17) is 10.2 Å². The number of urea groups is 1. The molecule has 1 saturated carbocycles. The van der Waals surface area contributed by atoms with E-state index in [0.717, 1.165) is 25.7 Å². The molecule has 0 aromatic heterocycles. The first-order valence-corrected chi connectivity index (χ1v) is 8.15. The van der Waals surface area contributed by atoms with E-state index >= 15 is 0 Å². The zero-order valence-electron chi connectivity index (χ0n) is 12.1. The summed E-state index contributed by atoms with van der Waals surface area (Å²) in [7, 11) is 0. The van der Waals surface area contributed by atoms with Crippen molar-refractivity contribution >= 4 is 29.7 Å². The van der Waals surface area contributed by atoms with Crippen molar-refractivity contribution in [2.75, 3.05) is 12.8 Å². The number of carboxylic acid groups (broad SMARTS) is 2. The van der Waals surface area contributed by atoms with Crippen LogP contribution in [-0.4, -0.2) is 51.8 Å². The monoisotopic (exact) mass is 318 g/mol. The summed E-state index contributed by atoms with van der Waals surface area (Å²) in [5, 5.41) is 22.6. The summed E-state index contributed by atoms with van der Waals surface area (Å²) < 4.78 is 0.0388. The van der Waals surface area contributed by atoms with Crippen LogP contribution in [0.15, 0.2) is 0 Å². The fraction of sp³-hybridized carbons (Fsp3) is 0.769. The Morgan fingerprint density at radius 1 is 1.24 bits per heavy atom. The van der Waals surface area contributed by atoms with E-state index in [9.17, 15) is 14.4 Å². The highest BCUT2D eigenvalue weighted by Crippen LogP contribution is 2.39. The van der Waals surface area contributed by atoms with E-state index in [0.29, 0.717) is 6.54 Å². The van der Waals surface area contributed by atoms with E-state index < -0.39 is 24.0 Å². The third kappa shape index (κ3) is 5.82. The van der Waals surface area contributed by atoms with Crippen LogP contribution < -0.4 is 10.6 Å². The van der Waals surface area contributed by atoms with Crippen LogP contribution in [-0.2, 0) is 9.59 Å². The Hall–Kier alpha value is -1.44. The van der Waals surface area contributed by atoms with Crippen molar-refractivity contribution in [3.05, 3.63) is 0 Å². The molecule has 120 valence electrons. The molecule has 1 aliphatic carbocycles. The normalized spacial score (nSPS) is 18.0. The fourth-order valence-electron chi connectivity index (χ4n) is 2.45. The van der Waals surface area contributed by atoms with Crippen LogP contribution in [0.2, 0.25) is 0 Å². The van der Waals surface area contributed by atoms with Gasteiger partial charge in [0, 0.05) is 17.7 Å². The lowest BCUT2D eigenvalue weighted by Crippen LogP contribution is -2.49. The third-order valence-corrected chi connectivity index (χ3v) is 5.19. The molecule has 21 heavy (non-hydrogen) atoms. The van der Waals surface area contributed by atoms with Crippen LogP contribution >= 0.6 is 11.8 Å². The maximum absolute atomic E-state index is 11.8. The van der Waals surface area contributed by atoms with E-state index in [1.54, 1.807) is 11.8 Å². The van der Waals surface area contributed by atoms with Crippen LogP contribution in [0.25, 0.3) is 0 Å². The number of amides is 2. The Balaban J connectivity index is 2.42. The number of aliphatic carboxylic acids is 2. The summed E-state index contributed by atoms with van der Waals surface area (Å²) in [5.74, 6) is -2.32. The predicted octanol–water partition coefficient (Wildman–Crippen LogP) is 1.28. The first kappa shape index (κ1) is 17.6. The van der Waals surface area contributed by atoms with Crippen molar-refractivity contribution in [2.45, 2.75) is 49.3 Å². The van der Waals surface area contributed by atoms with Crippen molar-refractivity contribution in [3.63, 3.8) is 0 Å². The molecule has 0 heterocycles. The summed E-state index contributed by atoms with van der Waals surface area (Å²) in [6.07, 6.45) is 5.93. The highest BCUT2D eigenvalue weighted by molar-refractivity contribution is 8.00. The van der Waals surface area contributed by atoms with Crippen molar-refractivity contribution in [2.24, 2.45) is 0 Å². The van der Waals surface area contributed by atoms with Crippen molar-refractivity contribution in [3.8, 4) is 0 Å². The predicted molar refractivity (Wildman–Crippen MR) is 79.5 cm³/mol. The minimum Gasteiger partial charge on any atom is -0.481 e. The lowest BCUT2D eigenvalue weighted by molar-refractivity contribution is -0.140. The first-order chi connectivity index (χ1) is 9.88. The molecule has 7 nitrogen and oxygen atoms in total. The quantitative estimate of drug-likeness (QED) is 0.536. The van der Waals surface area contributed by atoms with Crippen LogP contribution in [0.5, 0.6) is 0 Å². The lowest BCUT2D eigenvalue weighted by atomic mass is 10.1. The van der Waals surface area contributed by atoms with Gasteiger partial charge in [0.05, 0.1) is 0 Å². The number of rotatable bonds is 8. The van der Waals surface area contributed by atoms with Crippen LogP contribution in [0.1, 0.15) is 38.5 Å². The van der Waals surface area contributed by atoms with Gasteiger partial charge in [0.15, 0.2) is 0 Å². The molecule has 1 aliphatic rings. The smallest absolute Gasteiger partial charge is 0.326 e. The molecule has 0 unspecified atom stereocenters. The summed E-state index contributed by atoms with van der Waals surface area (Å²) in [6, 6.07) is -1.75. The van der Waals surface area contributed by atoms with Crippen molar-refractivity contribution in [1.82, 2.24) is 10.6 Å². The van der Waals surface area contributed by atoms with Crippen molar-refractivity contribution < 1.29 is 24.6 Å². The standard InChI is InChI=1S/C13H22N2O5S/c1-21-13(6-2-3-7-13)8-14-12(20)15-9(11(18)19)4-5-10(16)17/h9H,2-8H2,1H3,(H,16,17)(H,18,19)(H2,14,15,20)/t9-/m0/s1. The van der Waals surface area contributed by atoms with Crippen molar-refractivity contribution in [1.29, 1.82) is 0 Å². The largest absolute Gasteiger partial charge is 0.481 e. The highest BCUT2D eigenvalue weighted by atomic mass is 32.2. The van der Waals surface area contributed by atoms with Gasteiger partial charge in [0.25, 0.3) is 0 Å². The molecule has 0 radical (unpaired) electrons. The molecule has 1 rings (SSSR count). The number of nitrogens with one attached hydrogen (secondary N) is 2. The van der Waals surface area contributed by atoms with Crippen LogP contribution in [0.4, 0.5) is 4.79 Å². The Kier molecular flexibility index (Phi) is 6.80. The minimum absolute atomic E-state index is 0.0388. The van der Waals surface area contributed by atoms with Gasteiger partial charge in [-0.3, -0.25) is 4.79 Å². The summed E-state index contributed by atoms with van der Waals surface area (Å²) in [6.45, 7) is 0.491. The zero-order valence-corrected chi connectivity index (χ0v) is 12.9. The highest BCUT2D eigenvalue weighted by Gasteiger charge is 2.33. The Morgan fingerprint density at radius 2 is 1.86 bits per heavy atom. The van der Waals surface area contributed by atoms with Gasteiger partial charge in [0.1, 0.15) is 6.04 Å². The first-order valence-electron chi connectivity index (χ1n) is 6.93. The van der Waals surface area contributed by atoms with E-state index in [-0.39, 0.29) is 17.6 Å². The minimum atomic E-state index is -1.23. The summed E-state index contributed by atoms with van der Waals surface area (Å²) >= 11 is 1.72. The fourth-order valence-corrected chi connectivity index (χ4v) is 3.36. The average molecular weight is 318 g/mol. The number of hydrogen-bond donors (Lipinski definition) is 4. The number of carbonyl (C=O) groups excluding carboxylic acids is 1. The summed E-state index contributed by atoms with van der Waals surface area (Å²) in [4.78, 5) is 33.2. The van der Waals surface area contributed by atoms with E-state index in [2.05, 4.69) is 10.6 Å². The van der Waals surface area contributed by atoms with E-state index in [1.165, 1.54) is 0 Å². The molecule has 0 spiro atoms. The SMILES string of the molecule is CSC1(CNC(=O)N[C@@H](CCC(=O)O)C(=O)O)CCCC1. The molecular formula is C13H22N2O5S. The van der Waals surface area contributed by atoms with Gasteiger partial charge in [-0.15, -0.1) is 0 Å². The topological polar surface area (TPSA) is 116 Å². The Morgan fingerprint density at radius 3 is 2.33 bits per heavy atom. The number of thioether (sulfide) groups is 1. The zero-order chi connectivity index (χ0) is 15.9. The molecular weight excluding hydrogens is 296 g/mol. The Bertz CT molecular complexity index is 396. The van der Waals surface area contributed by atoms with Crippen LogP contribution in [0.3, 0.4) is 0 Å². The molecule has 1 fully saturated rings. The molecule has 4 N–H and O–H groups in total. The molecule has 2 amide bonds. The summed E-state index contributed by atoms with van der Waals surface area (Å²) in [5.41, 5.74) is 0. The van der Waals surface area contributed by atoms with Gasteiger partial charge in [-0.1, -0.05) is 12.8 Å². The van der Waals surface area contributed by atoms with E-state index in [1.807, 2.05) is 6.26 Å². The van der Waals surface area contributed by atoms with Gasteiger partial charge < -0.3 is 20.8 Å². The average Bonchev–Trinajstić information content (AvgIpc) is 2.90. The Labute approximate surface area is 127 Å². The van der Waals surface area contributed by atoms with Gasteiger partial charge in [-0.25, -0.2) is 9.59 Å². The maximum Gasteiger partial charge on any atom is 0.326 e. The molecule has 0 aromatic rings. The lowest BCUT2D eigenvalue weighted by Gasteiger charge is -2.27. The van der Waals surface area contributed by atoms with Gasteiger partial charge in [-0.05, 0) is 25.5 Å². The number of carbonyl (C=O) groups is 3. The molecule has 8 heteroatoms. The second kappa shape index (κ2) is 8.11. The van der Waals surface area contributed by atoms with Gasteiger partial charge in [0.2, 0.25) is 0 Å². The van der Waals surface area contributed by atoms with Gasteiger partial charge in [-0.2, -0.15) is 11.8 Å². The molecule has 0 saturated heterocycles. The second-order valence-electron chi connectivity index (χ2n) is 5.24. The number of hydrogen-bond acceptors (Lipinski definition) is 4. The number of carboxylic acids is 2.